The van der Waals surface area contributed by atoms with Crippen molar-refractivity contribution in [1.29, 1.82) is 0 Å². The predicted octanol–water partition coefficient (Wildman–Crippen LogP) is 2.86. The molecule has 7 nitrogen and oxygen atoms in total. The summed E-state index contributed by atoms with van der Waals surface area (Å²) >= 11 is 1.25. The summed E-state index contributed by atoms with van der Waals surface area (Å²) in [4.78, 5) is 28.7. The van der Waals surface area contributed by atoms with Gasteiger partial charge in [0.25, 0.3) is 5.56 Å². The Labute approximate surface area is 148 Å². The molecule has 0 atom stereocenters. The van der Waals surface area contributed by atoms with E-state index in [-0.39, 0.29) is 11.3 Å². The standard InChI is InChI=1S/C17H18N4O3S/c1-4-24-16(23)13-10-25-17(18-13)19-14-11(2)20(3)21(15(14)22)12-8-6-5-7-9-12/h5-10H,4H2,1-3H3,(H,18,19). The summed E-state index contributed by atoms with van der Waals surface area (Å²) in [6, 6.07) is 9.39. The molecule has 130 valence electrons. The number of para-hydroxylation sites is 1. The molecule has 1 aromatic carbocycles. The number of hydrogen-bond donors (Lipinski definition) is 1. The number of nitrogens with zero attached hydrogens (tertiary/aromatic N) is 3. The van der Waals surface area contributed by atoms with Crippen molar-refractivity contribution in [3.05, 3.63) is 57.5 Å². The first kappa shape index (κ1) is 17.0. The third-order valence-electron chi connectivity index (χ3n) is 3.77. The number of carbonyl (C=O) groups is 1. The molecule has 3 rings (SSSR count). The van der Waals surface area contributed by atoms with Gasteiger partial charge < -0.3 is 10.1 Å². The number of aromatic nitrogens is 3. The Balaban J connectivity index is 1.94. The fraction of sp³-hybridized carbons (Fsp3) is 0.235. The molecule has 0 unspecified atom stereocenters. The van der Waals surface area contributed by atoms with Crippen LogP contribution in [0.4, 0.5) is 10.8 Å². The van der Waals surface area contributed by atoms with Gasteiger partial charge in [-0.05, 0) is 26.0 Å². The second-order valence-corrected chi connectivity index (χ2v) is 6.18. The first-order chi connectivity index (χ1) is 12.0. The normalized spacial score (nSPS) is 10.7. The highest BCUT2D eigenvalue weighted by molar-refractivity contribution is 7.14. The van der Waals surface area contributed by atoms with Crippen LogP contribution in [0.3, 0.4) is 0 Å². The number of esters is 1. The minimum Gasteiger partial charge on any atom is -0.461 e. The monoisotopic (exact) mass is 358 g/mol. The maximum atomic E-state index is 12.8. The van der Waals surface area contributed by atoms with Crippen molar-refractivity contribution < 1.29 is 9.53 Å². The minimum atomic E-state index is -0.474. The van der Waals surface area contributed by atoms with Gasteiger partial charge in [-0.3, -0.25) is 9.48 Å². The van der Waals surface area contributed by atoms with E-state index in [2.05, 4.69) is 10.3 Å². The third kappa shape index (κ3) is 3.20. The summed E-state index contributed by atoms with van der Waals surface area (Å²) in [5.74, 6) is -0.474. The smallest absolute Gasteiger partial charge is 0.357 e. The fourth-order valence-electron chi connectivity index (χ4n) is 2.45. The first-order valence-corrected chi connectivity index (χ1v) is 8.64. The molecule has 0 fully saturated rings. The highest BCUT2D eigenvalue weighted by Crippen LogP contribution is 2.22. The molecule has 0 aliphatic heterocycles. The zero-order chi connectivity index (χ0) is 18.0. The second-order valence-electron chi connectivity index (χ2n) is 5.32. The van der Waals surface area contributed by atoms with Gasteiger partial charge in [-0.25, -0.2) is 14.5 Å². The van der Waals surface area contributed by atoms with Crippen LogP contribution in [0.2, 0.25) is 0 Å². The molecule has 25 heavy (non-hydrogen) atoms. The van der Waals surface area contributed by atoms with E-state index in [1.807, 2.05) is 44.3 Å². The molecule has 0 aliphatic rings. The van der Waals surface area contributed by atoms with Crippen LogP contribution in [0.15, 0.2) is 40.5 Å². The zero-order valence-corrected chi connectivity index (χ0v) is 15.0. The summed E-state index contributed by atoms with van der Waals surface area (Å²) in [6.07, 6.45) is 0. The quantitative estimate of drug-likeness (QED) is 0.710. The van der Waals surface area contributed by atoms with Crippen LogP contribution < -0.4 is 10.9 Å². The van der Waals surface area contributed by atoms with Gasteiger partial charge >= 0.3 is 5.97 Å². The Morgan fingerprint density at radius 3 is 2.72 bits per heavy atom. The molecule has 8 heteroatoms. The lowest BCUT2D eigenvalue weighted by atomic mass is 10.3. The Bertz CT molecular complexity index is 956. The maximum absolute atomic E-state index is 12.8. The Morgan fingerprint density at radius 2 is 2.04 bits per heavy atom. The molecule has 0 spiro atoms. The van der Waals surface area contributed by atoms with Gasteiger partial charge in [-0.1, -0.05) is 18.2 Å². The summed E-state index contributed by atoms with van der Waals surface area (Å²) < 4.78 is 8.29. The third-order valence-corrected chi connectivity index (χ3v) is 4.53. The number of benzene rings is 1. The van der Waals surface area contributed by atoms with Crippen molar-refractivity contribution in [2.24, 2.45) is 7.05 Å². The number of ether oxygens (including phenoxy) is 1. The summed E-state index contributed by atoms with van der Waals surface area (Å²) in [5.41, 5.74) is 2.01. The lowest BCUT2D eigenvalue weighted by Gasteiger charge is -2.07. The average Bonchev–Trinajstić information content (AvgIpc) is 3.16. The molecule has 2 heterocycles. The summed E-state index contributed by atoms with van der Waals surface area (Å²) in [5, 5.41) is 5.11. The van der Waals surface area contributed by atoms with Crippen LogP contribution in [0.25, 0.3) is 5.69 Å². The molecule has 0 saturated carbocycles. The average molecular weight is 358 g/mol. The predicted molar refractivity (Wildman–Crippen MR) is 97.1 cm³/mol. The number of rotatable bonds is 5. The molecular weight excluding hydrogens is 340 g/mol. The van der Waals surface area contributed by atoms with Crippen LogP contribution in [-0.4, -0.2) is 26.9 Å². The van der Waals surface area contributed by atoms with E-state index in [9.17, 15) is 9.59 Å². The van der Waals surface area contributed by atoms with Crippen molar-refractivity contribution in [2.45, 2.75) is 13.8 Å². The van der Waals surface area contributed by atoms with E-state index in [0.717, 1.165) is 11.4 Å². The van der Waals surface area contributed by atoms with Crippen molar-refractivity contribution >= 4 is 28.1 Å². The lowest BCUT2D eigenvalue weighted by Crippen LogP contribution is -2.20. The summed E-state index contributed by atoms with van der Waals surface area (Å²) in [6.45, 7) is 3.88. The molecule has 0 aliphatic carbocycles. The number of thiazole rings is 1. The van der Waals surface area contributed by atoms with Gasteiger partial charge in [-0.15, -0.1) is 11.3 Å². The highest BCUT2D eigenvalue weighted by Gasteiger charge is 2.18. The molecule has 0 amide bonds. The van der Waals surface area contributed by atoms with Crippen molar-refractivity contribution in [1.82, 2.24) is 14.3 Å². The van der Waals surface area contributed by atoms with Crippen molar-refractivity contribution in [2.75, 3.05) is 11.9 Å². The van der Waals surface area contributed by atoms with E-state index in [1.54, 1.807) is 21.7 Å². The number of carbonyl (C=O) groups excluding carboxylic acids is 1. The van der Waals surface area contributed by atoms with Crippen LogP contribution in [0.1, 0.15) is 23.1 Å². The molecule has 2 aromatic heterocycles. The van der Waals surface area contributed by atoms with E-state index in [1.165, 1.54) is 11.3 Å². The van der Waals surface area contributed by atoms with Gasteiger partial charge in [0.2, 0.25) is 0 Å². The SMILES string of the molecule is CCOC(=O)c1csc(Nc2c(C)n(C)n(-c3ccccc3)c2=O)n1. The lowest BCUT2D eigenvalue weighted by molar-refractivity contribution is 0.0520. The Kier molecular flexibility index (Phi) is 4.71. The first-order valence-electron chi connectivity index (χ1n) is 7.76. The van der Waals surface area contributed by atoms with Crippen LogP contribution in [0, 0.1) is 6.92 Å². The van der Waals surface area contributed by atoms with Crippen molar-refractivity contribution in [3.63, 3.8) is 0 Å². The van der Waals surface area contributed by atoms with Crippen LogP contribution in [-0.2, 0) is 11.8 Å². The molecule has 0 saturated heterocycles. The highest BCUT2D eigenvalue weighted by atomic mass is 32.1. The number of nitrogens with one attached hydrogen (secondary N) is 1. The number of hydrogen-bond acceptors (Lipinski definition) is 6. The topological polar surface area (TPSA) is 78.1 Å². The largest absolute Gasteiger partial charge is 0.461 e. The van der Waals surface area contributed by atoms with Crippen LogP contribution in [0.5, 0.6) is 0 Å². The van der Waals surface area contributed by atoms with Crippen molar-refractivity contribution in [3.8, 4) is 5.69 Å². The van der Waals surface area contributed by atoms with E-state index in [4.69, 9.17) is 4.74 Å². The van der Waals surface area contributed by atoms with E-state index >= 15 is 0 Å². The summed E-state index contributed by atoms with van der Waals surface area (Å²) in [7, 11) is 1.82. The van der Waals surface area contributed by atoms with Gasteiger partial charge in [0, 0.05) is 12.4 Å². The molecule has 3 aromatic rings. The van der Waals surface area contributed by atoms with Gasteiger partial charge in [0.05, 0.1) is 18.0 Å². The second kappa shape index (κ2) is 6.94. The van der Waals surface area contributed by atoms with E-state index in [0.29, 0.717) is 17.4 Å². The zero-order valence-electron chi connectivity index (χ0n) is 14.1. The van der Waals surface area contributed by atoms with Gasteiger partial charge in [0.15, 0.2) is 10.8 Å². The molecule has 0 radical (unpaired) electrons. The minimum absolute atomic E-state index is 0.181. The molecule has 0 bridgehead atoms. The Hall–Kier alpha value is -2.87. The van der Waals surface area contributed by atoms with E-state index < -0.39 is 5.97 Å². The fourth-order valence-corrected chi connectivity index (χ4v) is 3.13. The van der Waals surface area contributed by atoms with Gasteiger partial charge in [-0.2, -0.15) is 0 Å². The molecular formula is C17H18N4O3S. The number of anilines is 2. The van der Waals surface area contributed by atoms with Crippen LogP contribution >= 0.6 is 11.3 Å². The van der Waals surface area contributed by atoms with Gasteiger partial charge in [0.1, 0.15) is 5.69 Å². The maximum Gasteiger partial charge on any atom is 0.357 e. The molecule has 1 N–H and O–H groups in total. The Morgan fingerprint density at radius 1 is 1.32 bits per heavy atom.